The van der Waals surface area contributed by atoms with E-state index in [2.05, 4.69) is 4.98 Å². The number of amides is 1. The molecule has 0 spiro atoms. The van der Waals surface area contributed by atoms with Crippen LogP contribution in [0.15, 0.2) is 36.7 Å². The standard InChI is InChI=1S/C21H22ClN3OS/c1-14-10-17(22)11-18-19(14)24-21(27-18)25(13-15-6-5-9-23-12-15)20(26)16-7-3-2-4-8-16/h5-6,9-12,16H,2-4,7-8,13H2,1H3. The molecule has 27 heavy (non-hydrogen) atoms. The van der Waals surface area contributed by atoms with E-state index in [0.717, 1.165) is 52.2 Å². The zero-order chi connectivity index (χ0) is 18.8. The van der Waals surface area contributed by atoms with Crippen LogP contribution in [0, 0.1) is 12.8 Å². The molecule has 0 N–H and O–H groups in total. The Morgan fingerprint density at radius 3 is 2.85 bits per heavy atom. The molecule has 0 aliphatic heterocycles. The van der Waals surface area contributed by atoms with Gasteiger partial charge in [0.05, 0.1) is 16.8 Å². The first kappa shape index (κ1) is 18.4. The zero-order valence-corrected chi connectivity index (χ0v) is 16.9. The van der Waals surface area contributed by atoms with Gasteiger partial charge in [0.2, 0.25) is 5.91 Å². The number of benzene rings is 1. The minimum atomic E-state index is 0.0899. The van der Waals surface area contributed by atoms with Gasteiger partial charge in [-0.25, -0.2) is 4.98 Å². The molecule has 0 unspecified atom stereocenters. The van der Waals surface area contributed by atoms with Crippen LogP contribution in [0.1, 0.15) is 43.2 Å². The predicted molar refractivity (Wildman–Crippen MR) is 111 cm³/mol. The molecule has 1 aromatic carbocycles. The van der Waals surface area contributed by atoms with Gasteiger partial charge >= 0.3 is 0 Å². The first-order valence-electron chi connectivity index (χ1n) is 9.39. The second-order valence-electron chi connectivity index (χ2n) is 7.19. The summed E-state index contributed by atoms with van der Waals surface area (Å²) in [5.74, 6) is 0.272. The van der Waals surface area contributed by atoms with Gasteiger partial charge in [-0.2, -0.15) is 0 Å². The highest BCUT2D eigenvalue weighted by Gasteiger charge is 2.29. The van der Waals surface area contributed by atoms with E-state index in [-0.39, 0.29) is 11.8 Å². The summed E-state index contributed by atoms with van der Waals surface area (Å²) in [6.45, 7) is 2.50. The molecule has 4 nitrogen and oxygen atoms in total. The number of carbonyl (C=O) groups excluding carboxylic acids is 1. The molecule has 0 saturated heterocycles. The molecular weight excluding hydrogens is 378 g/mol. The molecule has 1 aliphatic rings. The number of carbonyl (C=O) groups is 1. The van der Waals surface area contributed by atoms with Gasteiger partial charge in [-0.05, 0) is 49.1 Å². The number of rotatable bonds is 4. The molecule has 0 atom stereocenters. The summed E-state index contributed by atoms with van der Waals surface area (Å²) in [4.78, 5) is 24.2. The predicted octanol–water partition coefficient (Wildman–Crippen LogP) is 5.77. The first-order valence-corrected chi connectivity index (χ1v) is 10.6. The van der Waals surface area contributed by atoms with Gasteiger partial charge in [-0.15, -0.1) is 0 Å². The molecule has 1 fully saturated rings. The summed E-state index contributed by atoms with van der Waals surface area (Å²) in [6, 6.07) is 7.75. The molecule has 140 valence electrons. The number of aromatic nitrogens is 2. The monoisotopic (exact) mass is 399 g/mol. The van der Waals surface area contributed by atoms with E-state index >= 15 is 0 Å². The number of hydrogen-bond donors (Lipinski definition) is 0. The lowest BCUT2D eigenvalue weighted by atomic mass is 9.88. The van der Waals surface area contributed by atoms with Gasteiger partial charge in [0.1, 0.15) is 0 Å². The van der Waals surface area contributed by atoms with Crippen LogP contribution in [0.2, 0.25) is 5.02 Å². The largest absolute Gasteiger partial charge is 0.283 e. The second kappa shape index (κ2) is 7.95. The van der Waals surface area contributed by atoms with Crippen molar-refractivity contribution in [2.45, 2.75) is 45.6 Å². The summed E-state index contributed by atoms with van der Waals surface area (Å²) in [6.07, 6.45) is 9.00. The fourth-order valence-electron chi connectivity index (χ4n) is 3.74. The van der Waals surface area contributed by atoms with E-state index in [0.29, 0.717) is 11.6 Å². The molecule has 6 heteroatoms. The van der Waals surface area contributed by atoms with E-state index in [1.165, 1.54) is 17.8 Å². The van der Waals surface area contributed by atoms with Crippen molar-refractivity contribution in [2.75, 3.05) is 4.90 Å². The molecule has 1 saturated carbocycles. The Morgan fingerprint density at radius 2 is 2.11 bits per heavy atom. The molecule has 0 bridgehead atoms. The van der Waals surface area contributed by atoms with Crippen molar-refractivity contribution in [3.8, 4) is 0 Å². The summed E-state index contributed by atoms with van der Waals surface area (Å²) >= 11 is 7.75. The van der Waals surface area contributed by atoms with Crippen molar-refractivity contribution in [1.82, 2.24) is 9.97 Å². The fraction of sp³-hybridized carbons (Fsp3) is 0.381. The molecule has 2 heterocycles. The van der Waals surface area contributed by atoms with Crippen molar-refractivity contribution in [1.29, 1.82) is 0 Å². The number of hydrogen-bond acceptors (Lipinski definition) is 4. The van der Waals surface area contributed by atoms with Crippen LogP contribution in [-0.4, -0.2) is 15.9 Å². The number of pyridine rings is 1. The van der Waals surface area contributed by atoms with Crippen LogP contribution in [0.3, 0.4) is 0 Å². The minimum absolute atomic E-state index is 0.0899. The average Bonchev–Trinajstić information content (AvgIpc) is 3.11. The van der Waals surface area contributed by atoms with Crippen LogP contribution in [0.25, 0.3) is 10.2 Å². The Bertz CT molecular complexity index is 951. The van der Waals surface area contributed by atoms with Gasteiger partial charge in [0.25, 0.3) is 0 Å². The second-order valence-corrected chi connectivity index (χ2v) is 8.63. The van der Waals surface area contributed by atoms with Crippen molar-refractivity contribution >= 4 is 44.2 Å². The third kappa shape index (κ3) is 3.99. The molecule has 0 radical (unpaired) electrons. The highest BCUT2D eigenvalue weighted by molar-refractivity contribution is 7.22. The number of halogens is 1. The summed E-state index contributed by atoms with van der Waals surface area (Å²) in [7, 11) is 0. The molecule has 2 aromatic heterocycles. The van der Waals surface area contributed by atoms with E-state index in [1.54, 1.807) is 6.20 Å². The van der Waals surface area contributed by atoms with Crippen LogP contribution in [0.5, 0.6) is 0 Å². The van der Waals surface area contributed by atoms with E-state index in [9.17, 15) is 4.79 Å². The lowest BCUT2D eigenvalue weighted by molar-refractivity contribution is -0.123. The van der Waals surface area contributed by atoms with Crippen molar-refractivity contribution in [3.63, 3.8) is 0 Å². The maximum atomic E-state index is 13.4. The minimum Gasteiger partial charge on any atom is -0.283 e. The smallest absolute Gasteiger partial charge is 0.232 e. The number of anilines is 1. The molecule has 3 aromatic rings. The van der Waals surface area contributed by atoms with Gasteiger partial charge in [0.15, 0.2) is 5.13 Å². The van der Waals surface area contributed by atoms with E-state index in [1.807, 2.05) is 42.3 Å². The Hall–Kier alpha value is -1.98. The third-order valence-electron chi connectivity index (χ3n) is 5.15. The molecular formula is C21H22ClN3OS. The normalized spacial score (nSPS) is 15.2. The van der Waals surface area contributed by atoms with Crippen molar-refractivity contribution in [2.24, 2.45) is 5.92 Å². The van der Waals surface area contributed by atoms with Crippen molar-refractivity contribution in [3.05, 3.63) is 52.8 Å². The van der Waals surface area contributed by atoms with Crippen LogP contribution in [-0.2, 0) is 11.3 Å². The lowest BCUT2D eigenvalue weighted by Crippen LogP contribution is -2.36. The maximum absolute atomic E-state index is 13.4. The lowest BCUT2D eigenvalue weighted by Gasteiger charge is -2.27. The van der Waals surface area contributed by atoms with Gasteiger partial charge in [-0.1, -0.05) is 48.3 Å². The van der Waals surface area contributed by atoms with Crippen LogP contribution < -0.4 is 4.90 Å². The highest BCUT2D eigenvalue weighted by Crippen LogP contribution is 2.35. The summed E-state index contributed by atoms with van der Waals surface area (Å²) in [5.41, 5.74) is 2.97. The Kier molecular flexibility index (Phi) is 5.41. The Morgan fingerprint density at radius 1 is 1.30 bits per heavy atom. The quantitative estimate of drug-likeness (QED) is 0.559. The maximum Gasteiger partial charge on any atom is 0.232 e. The number of nitrogens with zero attached hydrogens (tertiary/aromatic N) is 3. The summed E-state index contributed by atoms with van der Waals surface area (Å²) < 4.78 is 1.02. The van der Waals surface area contributed by atoms with Crippen LogP contribution >= 0.6 is 22.9 Å². The Labute approximate surface area is 168 Å². The Balaban J connectivity index is 1.72. The van der Waals surface area contributed by atoms with Gasteiger partial charge in [0, 0.05) is 23.3 Å². The highest BCUT2D eigenvalue weighted by atomic mass is 35.5. The van der Waals surface area contributed by atoms with Crippen LogP contribution in [0.4, 0.5) is 5.13 Å². The molecule has 1 aliphatic carbocycles. The SMILES string of the molecule is Cc1cc(Cl)cc2sc(N(Cc3cccnc3)C(=O)C3CCCCC3)nc12. The third-order valence-corrected chi connectivity index (χ3v) is 6.40. The molecule has 4 rings (SSSR count). The van der Waals surface area contributed by atoms with Gasteiger partial charge in [-0.3, -0.25) is 14.7 Å². The first-order chi connectivity index (χ1) is 13.1. The van der Waals surface area contributed by atoms with Gasteiger partial charge < -0.3 is 0 Å². The fourth-order valence-corrected chi connectivity index (χ4v) is 5.17. The summed E-state index contributed by atoms with van der Waals surface area (Å²) in [5, 5.41) is 1.45. The topological polar surface area (TPSA) is 46.1 Å². The average molecular weight is 400 g/mol. The number of thiazole rings is 1. The van der Waals surface area contributed by atoms with Crippen molar-refractivity contribution < 1.29 is 4.79 Å². The number of aryl methyl sites for hydroxylation is 1. The zero-order valence-electron chi connectivity index (χ0n) is 15.3. The van der Waals surface area contributed by atoms with E-state index < -0.39 is 0 Å². The molecule has 1 amide bonds. The number of fused-ring (bicyclic) bond motifs is 1. The van der Waals surface area contributed by atoms with E-state index in [4.69, 9.17) is 16.6 Å².